The summed E-state index contributed by atoms with van der Waals surface area (Å²) in [5.41, 5.74) is 0.532. The summed E-state index contributed by atoms with van der Waals surface area (Å²) in [7, 11) is 0. The highest BCUT2D eigenvalue weighted by Gasteiger charge is 2.19. The Morgan fingerprint density at radius 3 is 2.29 bits per heavy atom. The fourth-order valence-corrected chi connectivity index (χ4v) is 3.90. The molecule has 0 spiro atoms. The Morgan fingerprint density at radius 1 is 0.912 bits per heavy atom. The Kier molecular flexibility index (Phi) is 8.55. The second kappa shape index (κ2) is 11.8. The molecule has 0 aliphatic carbocycles. The number of aromatic carboxylic acids is 1. The molecule has 3 rings (SSSR count). The highest BCUT2D eigenvalue weighted by molar-refractivity contribution is 7.99. The summed E-state index contributed by atoms with van der Waals surface area (Å²) in [5.74, 6) is -2.01. The molecule has 0 amide bonds. The van der Waals surface area contributed by atoms with Crippen molar-refractivity contribution < 1.29 is 34.2 Å². The summed E-state index contributed by atoms with van der Waals surface area (Å²) in [6, 6.07) is 19.5. The third kappa shape index (κ3) is 6.31. The zero-order chi connectivity index (χ0) is 24.5. The Morgan fingerprint density at radius 2 is 1.59 bits per heavy atom. The number of ketones is 1. The molecule has 0 radical (unpaired) electrons. The van der Waals surface area contributed by atoms with E-state index in [0.717, 1.165) is 11.8 Å². The average molecular weight is 480 g/mol. The molecule has 0 atom stereocenters. The monoisotopic (exact) mass is 479 g/mol. The van der Waals surface area contributed by atoms with Gasteiger partial charge in [-0.2, -0.15) is 0 Å². The van der Waals surface area contributed by atoms with Crippen LogP contribution in [0.25, 0.3) is 0 Å². The molecule has 0 saturated carbocycles. The van der Waals surface area contributed by atoms with Gasteiger partial charge in [0.15, 0.2) is 0 Å². The highest BCUT2D eigenvalue weighted by atomic mass is 32.2. The summed E-state index contributed by atoms with van der Waals surface area (Å²) in [6.45, 7) is 1.27. The summed E-state index contributed by atoms with van der Waals surface area (Å²) in [5, 5.41) is 22.2. The number of carbonyl (C=O) groups is 3. The van der Waals surface area contributed by atoms with E-state index in [9.17, 15) is 19.5 Å². The van der Waals surface area contributed by atoms with Crippen molar-refractivity contribution >= 4 is 35.2 Å². The number of nitrogens with zero attached hydrogens (tertiary/aromatic N) is 1. The molecule has 0 aliphatic heterocycles. The average Bonchev–Trinajstić information content (AvgIpc) is 2.86. The van der Waals surface area contributed by atoms with Gasteiger partial charge in [0, 0.05) is 15.4 Å². The molecule has 0 saturated heterocycles. The van der Waals surface area contributed by atoms with Crippen LogP contribution in [0.15, 0.2) is 87.7 Å². The van der Waals surface area contributed by atoms with Gasteiger partial charge in [-0.15, -0.1) is 0 Å². The van der Waals surface area contributed by atoms with E-state index < -0.39 is 17.7 Å². The molecule has 174 valence electrons. The Labute approximate surface area is 199 Å². The van der Waals surface area contributed by atoms with Gasteiger partial charge in [-0.05, 0) is 49.4 Å². The van der Waals surface area contributed by atoms with E-state index in [-0.39, 0.29) is 30.1 Å². The van der Waals surface area contributed by atoms with Crippen LogP contribution < -0.4 is 4.74 Å². The van der Waals surface area contributed by atoms with E-state index in [1.54, 1.807) is 66.7 Å². The molecular weight excluding hydrogens is 458 g/mol. The molecule has 0 fully saturated rings. The van der Waals surface area contributed by atoms with Crippen molar-refractivity contribution in [3.8, 4) is 5.75 Å². The van der Waals surface area contributed by atoms with Gasteiger partial charge in [-0.1, -0.05) is 47.2 Å². The fraction of sp³-hybridized carbons (Fsp3) is 0.120. The van der Waals surface area contributed by atoms with Crippen LogP contribution in [0.1, 0.15) is 38.0 Å². The minimum Gasteiger partial charge on any atom is -0.491 e. The van der Waals surface area contributed by atoms with Gasteiger partial charge in [0.05, 0.1) is 17.7 Å². The maximum Gasteiger partial charge on any atom is 0.365 e. The molecule has 9 heteroatoms. The molecular formula is C25H21NO7S. The Balaban J connectivity index is 1.82. The van der Waals surface area contributed by atoms with E-state index in [1.165, 1.54) is 13.0 Å². The first-order valence-electron chi connectivity index (χ1n) is 10.1. The van der Waals surface area contributed by atoms with Gasteiger partial charge in [0.25, 0.3) is 0 Å². The summed E-state index contributed by atoms with van der Waals surface area (Å²) in [4.78, 5) is 42.7. The van der Waals surface area contributed by atoms with Gasteiger partial charge in [0.2, 0.25) is 5.78 Å². The zero-order valence-corrected chi connectivity index (χ0v) is 19.0. The molecule has 3 aromatic rings. The number of Topliss-reactive ketones (excluding diaryl/α,β-unsaturated/α-hetero) is 1. The van der Waals surface area contributed by atoms with Gasteiger partial charge in [-0.25, -0.2) is 9.59 Å². The normalized spacial score (nSPS) is 11.1. The predicted octanol–water partition coefficient (Wildman–Crippen LogP) is 4.32. The lowest BCUT2D eigenvalue weighted by Gasteiger charge is -2.12. The van der Waals surface area contributed by atoms with Crippen molar-refractivity contribution in [3.05, 3.63) is 89.5 Å². The first-order valence-corrected chi connectivity index (χ1v) is 11.0. The van der Waals surface area contributed by atoms with Crippen LogP contribution in [0.4, 0.5) is 0 Å². The summed E-state index contributed by atoms with van der Waals surface area (Å²) in [6.07, 6.45) is 0. The molecule has 2 N–H and O–H groups in total. The van der Waals surface area contributed by atoms with Crippen molar-refractivity contribution in [1.29, 1.82) is 0 Å². The van der Waals surface area contributed by atoms with Crippen LogP contribution in [-0.4, -0.2) is 46.9 Å². The van der Waals surface area contributed by atoms with Crippen LogP contribution in [0.3, 0.4) is 0 Å². The SMILES string of the molecule is C/C(=N\OC(=O)c1ccccc1)C(=O)c1ccccc1Sc1ccc(OCCO)cc1C(=O)O. The van der Waals surface area contributed by atoms with Crippen LogP contribution >= 0.6 is 11.8 Å². The van der Waals surface area contributed by atoms with Crippen molar-refractivity contribution in [3.63, 3.8) is 0 Å². The quantitative estimate of drug-likeness (QED) is 0.191. The maximum absolute atomic E-state index is 13.0. The van der Waals surface area contributed by atoms with Gasteiger partial charge in [-0.3, -0.25) is 4.79 Å². The molecule has 0 aliphatic rings. The first-order chi connectivity index (χ1) is 16.4. The topological polar surface area (TPSA) is 122 Å². The number of aliphatic hydroxyl groups excluding tert-OH is 1. The van der Waals surface area contributed by atoms with Crippen molar-refractivity contribution in [2.24, 2.45) is 5.16 Å². The van der Waals surface area contributed by atoms with Crippen molar-refractivity contribution in [2.45, 2.75) is 16.7 Å². The second-order valence-corrected chi connectivity index (χ2v) is 7.97. The number of ether oxygens (including phenoxy) is 1. The molecule has 3 aromatic carbocycles. The molecule has 0 bridgehead atoms. The first kappa shape index (κ1) is 24.7. The number of oxime groups is 1. The van der Waals surface area contributed by atoms with E-state index in [0.29, 0.717) is 21.1 Å². The predicted molar refractivity (Wildman–Crippen MR) is 126 cm³/mol. The van der Waals surface area contributed by atoms with Crippen molar-refractivity contribution in [1.82, 2.24) is 0 Å². The maximum atomic E-state index is 13.0. The largest absolute Gasteiger partial charge is 0.491 e. The zero-order valence-electron chi connectivity index (χ0n) is 18.1. The van der Waals surface area contributed by atoms with E-state index in [2.05, 4.69) is 5.16 Å². The van der Waals surface area contributed by atoms with E-state index in [4.69, 9.17) is 14.7 Å². The number of hydrogen-bond donors (Lipinski definition) is 2. The third-order valence-corrected chi connectivity index (χ3v) is 5.65. The summed E-state index contributed by atoms with van der Waals surface area (Å²) >= 11 is 1.10. The van der Waals surface area contributed by atoms with Crippen LogP contribution in [0, 0.1) is 0 Å². The molecule has 0 aromatic heterocycles. The molecule has 34 heavy (non-hydrogen) atoms. The number of aliphatic hydroxyl groups is 1. The number of benzene rings is 3. The Hall–Kier alpha value is -3.95. The smallest absolute Gasteiger partial charge is 0.365 e. The van der Waals surface area contributed by atoms with E-state index in [1.807, 2.05) is 0 Å². The molecule has 8 nitrogen and oxygen atoms in total. The lowest BCUT2D eigenvalue weighted by molar-refractivity contribution is 0.0515. The minimum atomic E-state index is -1.16. The summed E-state index contributed by atoms with van der Waals surface area (Å²) < 4.78 is 5.29. The number of carbonyl (C=O) groups excluding carboxylic acids is 2. The molecule has 0 unspecified atom stereocenters. The van der Waals surface area contributed by atoms with Gasteiger partial charge in [0.1, 0.15) is 18.1 Å². The van der Waals surface area contributed by atoms with E-state index >= 15 is 0 Å². The lowest BCUT2D eigenvalue weighted by atomic mass is 10.1. The minimum absolute atomic E-state index is 0.00938. The Bertz CT molecular complexity index is 1220. The van der Waals surface area contributed by atoms with Gasteiger partial charge < -0.3 is 19.8 Å². The second-order valence-electron chi connectivity index (χ2n) is 6.88. The van der Waals surface area contributed by atoms with Crippen LogP contribution in [0.5, 0.6) is 5.75 Å². The standard InChI is InChI=1S/C25H21NO7S/c1-16(26-33-25(31)17-7-3-2-4-8-17)23(28)19-9-5-6-10-21(19)34-22-12-11-18(32-14-13-27)15-20(22)24(29)30/h2-12,15,27H,13-14H2,1H3,(H,29,30)/b26-16+. The molecule has 0 heterocycles. The van der Waals surface area contributed by atoms with Crippen LogP contribution in [-0.2, 0) is 4.84 Å². The number of rotatable bonds is 10. The number of carboxylic acid groups (broad SMARTS) is 1. The number of hydrogen-bond acceptors (Lipinski definition) is 8. The van der Waals surface area contributed by atoms with Crippen molar-refractivity contribution in [2.75, 3.05) is 13.2 Å². The third-order valence-electron chi connectivity index (χ3n) is 4.50. The highest BCUT2D eigenvalue weighted by Crippen LogP contribution is 2.35. The fourth-order valence-electron chi connectivity index (χ4n) is 2.85. The van der Waals surface area contributed by atoms with Crippen LogP contribution in [0.2, 0.25) is 0 Å². The lowest BCUT2D eigenvalue weighted by Crippen LogP contribution is -2.13. The van der Waals surface area contributed by atoms with Gasteiger partial charge >= 0.3 is 11.9 Å². The number of carboxylic acids is 1.